The first kappa shape index (κ1) is 19.0. The molecule has 0 radical (unpaired) electrons. The summed E-state index contributed by atoms with van der Waals surface area (Å²) < 4.78 is 50.7. The van der Waals surface area contributed by atoms with Crippen LogP contribution in [-0.2, 0) is 6.54 Å². The van der Waals surface area contributed by atoms with Gasteiger partial charge in [0, 0.05) is 0 Å². The van der Waals surface area contributed by atoms with Gasteiger partial charge >= 0.3 is 24.4 Å². The first-order chi connectivity index (χ1) is 12.3. The van der Waals surface area contributed by atoms with Crippen LogP contribution in [0.3, 0.4) is 0 Å². The Morgan fingerprint density at radius 2 is 1.69 bits per heavy atom. The summed E-state index contributed by atoms with van der Waals surface area (Å²) in [7, 11) is 2.69. The number of nitrogens with zero attached hydrogens (tertiary/aromatic N) is 3. The van der Waals surface area contributed by atoms with E-state index in [2.05, 4.69) is 30.3 Å². The average molecular weight is 373 g/mol. The van der Waals surface area contributed by atoms with Crippen LogP contribution in [0.2, 0.25) is 0 Å². The van der Waals surface area contributed by atoms with Crippen LogP contribution in [0.4, 0.5) is 23.7 Å². The van der Waals surface area contributed by atoms with Crippen LogP contribution in [0.1, 0.15) is 5.82 Å². The molecule has 1 aromatic carbocycles. The van der Waals surface area contributed by atoms with Gasteiger partial charge in [0.2, 0.25) is 0 Å². The van der Waals surface area contributed by atoms with E-state index in [0.717, 1.165) is 6.07 Å². The number of para-hydroxylation sites is 2. The van der Waals surface area contributed by atoms with Crippen molar-refractivity contribution in [2.75, 3.05) is 19.5 Å². The van der Waals surface area contributed by atoms with Gasteiger partial charge in [0.05, 0.1) is 26.5 Å². The fourth-order valence-corrected chi connectivity index (χ4v) is 1.75. The number of methoxy groups -OCH3 is 2. The molecule has 0 saturated carbocycles. The molecular weight excluding hydrogens is 359 g/mol. The quantitative estimate of drug-likeness (QED) is 0.798. The highest BCUT2D eigenvalue weighted by atomic mass is 19.4. The van der Waals surface area contributed by atoms with Crippen molar-refractivity contribution in [2.24, 2.45) is 0 Å². The van der Waals surface area contributed by atoms with E-state index < -0.39 is 18.1 Å². The van der Waals surface area contributed by atoms with E-state index in [1.54, 1.807) is 0 Å². The highest BCUT2D eigenvalue weighted by Gasteiger charge is 2.32. The molecule has 12 heteroatoms. The maximum absolute atomic E-state index is 12.4. The van der Waals surface area contributed by atoms with Gasteiger partial charge in [-0.05, 0) is 12.1 Å². The molecule has 2 amide bonds. The van der Waals surface area contributed by atoms with Crippen molar-refractivity contribution in [1.82, 2.24) is 20.3 Å². The van der Waals surface area contributed by atoms with Gasteiger partial charge in [-0.1, -0.05) is 12.1 Å². The van der Waals surface area contributed by atoms with Gasteiger partial charge in [0.15, 0.2) is 11.6 Å². The standard InChI is InChI=1S/C14H14F3N5O4/c1-24-12-20-10(21-13(22-12)25-2)7-18-11(23)19-8-5-3-4-6-9(8)26-14(15,16)17/h3-6H,7H2,1-2H3,(H2,18,19,23). The van der Waals surface area contributed by atoms with Crippen molar-refractivity contribution in [1.29, 1.82) is 0 Å². The van der Waals surface area contributed by atoms with Crippen molar-refractivity contribution >= 4 is 11.7 Å². The van der Waals surface area contributed by atoms with Crippen LogP contribution in [-0.4, -0.2) is 41.6 Å². The molecule has 0 aliphatic rings. The van der Waals surface area contributed by atoms with E-state index in [4.69, 9.17) is 9.47 Å². The monoisotopic (exact) mass is 373 g/mol. The minimum absolute atomic E-state index is 0.0158. The second-order valence-electron chi connectivity index (χ2n) is 4.58. The first-order valence-corrected chi connectivity index (χ1v) is 7.03. The van der Waals surface area contributed by atoms with Crippen LogP contribution >= 0.6 is 0 Å². The Labute approximate surface area is 145 Å². The van der Waals surface area contributed by atoms with E-state index in [9.17, 15) is 18.0 Å². The predicted molar refractivity (Wildman–Crippen MR) is 81.9 cm³/mol. The van der Waals surface area contributed by atoms with E-state index in [1.165, 1.54) is 32.4 Å². The van der Waals surface area contributed by atoms with Crippen LogP contribution < -0.4 is 24.8 Å². The predicted octanol–water partition coefficient (Wildman–Crippen LogP) is 2.11. The molecule has 9 nitrogen and oxygen atoms in total. The summed E-state index contributed by atoms with van der Waals surface area (Å²) in [6, 6.07) is 4.30. The van der Waals surface area contributed by atoms with Crippen LogP contribution in [0.25, 0.3) is 0 Å². The number of anilines is 1. The number of rotatable bonds is 6. The third-order valence-electron chi connectivity index (χ3n) is 2.77. The van der Waals surface area contributed by atoms with Crippen LogP contribution in [0.5, 0.6) is 17.8 Å². The van der Waals surface area contributed by atoms with Gasteiger partial charge in [-0.15, -0.1) is 18.2 Å². The number of halogens is 3. The number of alkyl halides is 3. The molecule has 1 aromatic heterocycles. The second kappa shape index (κ2) is 8.18. The molecule has 0 atom stereocenters. The maximum atomic E-state index is 12.4. The minimum Gasteiger partial charge on any atom is -0.467 e. The van der Waals surface area contributed by atoms with Crippen molar-refractivity contribution < 1.29 is 32.2 Å². The Balaban J connectivity index is 2.02. The highest BCUT2D eigenvalue weighted by Crippen LogP contribution is 2.29. The molecule has 0 spiro atoms. The number of carbonyl (C=O) groups excluding carboxylic acids is 1. The molecule has 1 heterocycles. The molecule has 2 aromatic rings. The fourth-order valence-electron chi connectivity index (χ4n) is 1.75. The van der Waals surface area contributed by atoms with Gasteiger partial charge in [0.25, 0.3) is 0 Å². The number of urea groups is 1. The molecule has 2 N–H and O–H groups in total. The summed E-state index contributed by atoms with van der Waals surface area (Å²) in [6.45, 7) is -0.149. The number of carbonyl (C=O) groups is 1. The molecular formula is C14H14F3N5O4. The lowest BCUT2D eigenvalue weighted by Crippen LogP contribution is -2.29. The third-order valence-corrected chi connectivity index (χ3v) is 2.77. The lowest BCUT2D eigenvalue weighted by Gasteiger charge is -2.14. The number of ether oxygens (including phenoxy) is 3. The largest absolute Gasteiger partial charge is 0.573 e. The molecule has 0 aliphatic carbocycles. The summed E-state index contributed by atoms with van der Waals surface area (Å²) >= 11 is 0. The summed E-state index contributed by atoms with van der Waals surface area (Å²) in [5, 5.41) is 4.64. The Bertz CT molecular complexity index is 750. The minimum atomic E-state index is -4.88. The number of nitrogens with one attached hydrogen (secondary N) is 2. The molecule has 26 heavy (non-hydrogen) atoms. The number of hydrogen-bond donors (Lipinski definition) is 2. The van der Waals surface area contributed by atoms with Gasteiger partial charge < -0.3 is 24.8 Å². The van der Waals surface area contributed by atoms with E-state index in [-0.39, 0.29) is 30.1 Å². The van der Waals surface area contributed by atoms with Gasteiger partial charge in [-0.25, -0.2) is 4.79 Å². The van der Waals surface area contributed by atoms with Gasteiger partial charge in [0.1, 0.15) is 0 Å². The molecule has 140 valence electrons. The zero-order valence-electron chi connectivity index (χ0n) is 13.6. The van der Waals surface area contributed by atoms with Gasteiger partial charge in [-0.3, -0.25) is 0 Å². The topological polar surface area (TPSA) is 107 Å². The summed E-state index contributed by atoms with van der Waals surface area (Å²) in [4.78, 5) is 23.5. The molecule has 0 unspecified atom stereocenters. The van der Waals surface area contributed by atoms with Gasteiger partial charge in [-0.2, -0.15) is 9.97 Å². The lowest BCUT2D eigenvalue weighted by atomic mass is 10.3. The summed E-state index contributed by atoms with van der Waals surface area (Å²) in [5.41, 5.74) is -0.159. The zero-order valence-corrected chi connectivity index (χ0v) is 13.6. The van der Waals surface area contributed by atoms with Crippen molar-refractivity contribution in [3.8, 4) is 17.8 Å². The Morgan fingerprint density at radius 3 is 2.27 bits per heavy atom. The molecule has 0 bridgehead atoms. The van der Waals surface area contributed by atoms with Crippen LogP contribution in [0.15, 0.2) is 24.3 Å². The molecule has 0 saturated heterocycles. The Hall–Kier alpha value is -3.31. The zero-order chi connectivity index (χ0) is 19.2. The lowest BCUT2D eigenvalue weighted by molar-refractivity contribution is -0.274. The summed E-state index contributed by atoms with van der Waals surface area (Å²) in [5.74, 6) is -0.415. The molecule has 0 aliphatic heterocycles. The van der Waals surface area contributed by atoms with E-state index in [0.29, 0.717) is 0 Å². The number of aromatic nitrogens is 3. The molecule has 2 rings (SSSR count). The summed E-state index contributed by atoms with van der Waals surface area (Å²) in [6.07, 6.45) is -4.88. The third kappa shape index (κ3) is 5.65. The fraction of sp³-hybridized carbons (Fsp3) is 0.286. The average Bonchev–Trinajstić information content (AvgIpc) is 2.60. The van der Waals surface area contributed by atoms with E-state index in [1.807, 2.05) is 0 Å². The SMILES string of the molecule is COc1nc(CNC(=O)Nc2ccccc2OC(F)(F)F)nc(OC)n1. The normalized spacial score (nSPS) is 10.8. The first-order valence-electron chi connectivity index (χ1n) is 7.03. The second-order valence-corrected chi connectivity index (χ2v) is 4.58. The smallest absolute Gasteiger partial charge is 0.467 e. The number of hydrogen-bond acceptors (Lipinski definition) is 7. The van der Waals surface area contributed by atoms with Crippen molar-refractivity contribution in [2.45, 2.75) is 12.9 Å². The number of amides is 2. The Morgan fingerprint density at radius 1 is 1.08 bits per heavy atom. The van der Waals surface area contributed by atoms with Crippen LogP contribution in [0, 0.1) is 0 Å². The van der Waals surface area contributed by atoms with Crippen molar-refractivity contribution in [3.63, 3.8) is 0 Å². The highest BCUT2D eigenvalue weighted by molar-refractivity contribution is 5.90. The van der Waals surface area contributed by atoms with Crippen molar-refractivity contribution in [3.05, 3.63) is 30.1 Å². The Kier molecular flexibility index (Phi) is 5.98. The molecule has 0 fully saturated rings. The number of benzene rings is 1. The van der Waals surface area contributed by atoms with E-state index >= 15 is 0 Å². The maximum Gasteiger partial charge on any atom is 0.573 e.